The average molecular weight is 286 g/mol. The lowest BCUT2D eigenvalue weighted by Gasteiger charge is -2.07. The summed E-state index contributed by atoms with van der Waals surface area (Å²) in [7, 11) is 0. The molecule has 0 fully saturated rings. The maximum atomic E-state index is 13.5. The Kier molecular flexibility index (Phi) is 3.57. The van der Waals surface area contributed by atoms with E-state index in [4.69, 9.17) is 0 Å². The van der Waals surface area contributed by atoms with Crippen LogP contribution in [0.15, 0.2) is 24.3 Å². The minimum absolute atomic E-state index is 0.0299. The van der Waals surface area contributed by atoms with Crippen LogP contribution in [-0.2, 0) is 0 Å². The number of aryl methyl sites for hydroxylation is 1. The topological polar surface area (TPSA) is 17.1 Å². The van der Waals surface area contributed by atoms with Crippen LogP contribution in [0.2, 0.25) is 0 Å². The highest BCUT2D eigenvalue weighted by molar-refractivity contribution is 6.09. The molecule has 0 unspecified atom stereocenters. The van der Waals surface area contributed by atoms with E-state index in [0.717, 1.165) is 6.07 Å². The van der Waals surface area contributed by atoms with Crippen LogP contribution in [0.1, 0.15) is 21.5 Å². The quantitative estimate of drug-likeness (QED) is 0.464. The van der Waals surface area contributed by atoms with Gasteiger partial charge in [-0.1, -0.05) is 0 Å². The summed E-state index contributed by atoms with van der Waals surface area (Å²) in [6, 6.07) is 1.88. The van der Waals surface area contributed by atoms with E-state index in [1.165, 1.54) is 6.92 Å². The lowest BCUT2D eigenvalue weighted by molar-refractivity contribution is 0.103. The van der Waals surface area contributed by atoms with E-state index in [9.17, 15) is 26.7 Å². The molecule has 20 heavy (non-hydrogen) atoms. The number of rotatable bonds is 2. The molecule has 104 valence electrons. The second kappa shape index (κ2) is 5.03. The molecule has 0 spiro atoms. The Morgan fingerprint density at radius 2 is 1.15 bits per heavy atom. The zero-order chi connectivity index (χ0) is 15.0. The molecule has 0 aliphatic carbocycles. The standard InChI is InChI=1S/C14H7F5O/c1-6-2-7(10(16)4-9(6)15)14(20)8-3-12(18)13(19)5-11(8)17/h2-5H,1H3. The van der Waals surface area contributed by atoms with Crippen LogP contribution in [0.4, 0.5) is 22.0 Å². The molecule has 0 bridgehead atoms. The lowest BCUT2D eigenvalue weighted by Crippen LogP contribution is -2.09. The van der Waals surface area contributed by atoms with E-state index >= 15 is 0 Å². The van der Waals surface area contributed by atoms with E-state index in [2.05, 4.69) is 0 Å². The fourth-order valence-corrected chi connectivity index (χ4v) is 1.67. The van der Waals surface area contributed by atoms with E-state index in [-0.39, 0.29) is 11.6 Å². The second-order valence-electron chi connectivity index (χ2n) is 4.16. The van der Waals surface area contributed by atoms with Crippen molar-refractivity contribution in [3.8, 4) is 0 Å². The first-order valence-electron chi connectivity index (χ1n) is 5.46. The van der Waals surface area contributed by atoms with Crippen LogP contribution < -0.4 is 0 Å². The number of carbonyl (C=O) groups excluding carboxylic acids is 1. The molecular weight excluding hydrogens is 279 g/mol. The van der Waals surface area contributed by atoms with E-state index < -0.39 is 46.0 Å². The van der Waals surface area contributed by atoms with Crippen molar-refractivity contribution in [1.29, 1.82) is 0 Å². The zero-order valence-electron chi connectivity index (χ0n) is 10.1. The normalized spacial score (nSPS) is 10.7. The lowest BCUT2D eigenvalue weighted by atomic mass is 10.00. The number of halogens is 5. The third-order valence-corrected chi connectivity index (χ3v) is 2.75. The largest absolute Gasteiger partial charge is 0.288 e. The van der Waals surface area contributed by atoms with Gasteiger partial charge in [0.15, 0.2) is 17.4 Å². The molecule has 0 saturated carbocycles. The van der Waals surface area contributed by atoms with Crippen LogP contribution in [0, 0.1) is 36.0 Å². The van der Waals surface area contributed by atoms with Gasteiger partial charge in [-0.3, -0.25) is 4.79 Å². The minimum atomic E-state index is -1.46. The van der Waals surface area contributed by atoms with Crippen LogP contribution in [0.5, 0.6) is 0 Å². The molecule has 0 aliphatic heterocycles. The molecule has 2 aromatic carbocycles. The maximum absolute atomic E-state index is 13.5. The van der Waals surface area contributed by atoms with E-state index in [0.29, 0.717) is 12.1 Å². The van der Waals surface area contributed by atoms with Crippen molar-refractivity contribution >= 4 is 5.78 Å². The summed E-state index contributed by atoms with van der Waals surface area (Å²) in [6.07, 6.45) is 0. The second-order valence-corrected chi connectivity index (χ2v) is 4.16. The Morgan fingerprint density at radius 3 is 1.75 bits per heavy atom. The zero-order valence-corrected chi connectivity index (χ0v) is 10.1. The molecule has 0 atom stereocenters. The van der Waals surface area contributed by atoms with E-state index in [1.807, 2.05) is 0 Å². The fraction of sp³-hybridized carbons (Fsp3) is 0.0714. The Hall–Kier alpha value is -2.24. The Morgan fingerprint density at radius 1 is 0.700 bits per heavy atom. The Labute approximate surface area is 110 Å². The van der Waals surface area contributed by atoms with Crippen molar-refractivity contribution in [2.45, 2.75) is 6.92 Å². The Balaban J connectivity index is 2.57. The molecule has 2 aromatic rings. The summed E-state index contributed by atoms with van der Waals surface area (Å²) >= 11 is 0. The summed E-state index contributed by atoms with van der Waals surface area (Å²) in [5.74, 6) is -7.49. The molecule has 0 heterocycles. The fourth-order valence-electron chi connectivity index (χ4n) is 1.67. The van der Waals surface area contributed by atoms with Gasteiger partial charge in [-0.15, -0.1) is 0 Å². The average Bonchev–Trinajstić information content (AvgIpc) is 2.37. The number of hydrogen-bond donors (Lipinski definition) is 0. The van der Waals surface area contributed by atoms with Crippen molar-refractivity contribution in [2.24, 2.45) is 0 Å². The molecular formula is C14H7F5O. The molecule has 0 aliphatic rings. The van der Waals surface area contributed by atoms with Crippen LogP contribution in [0.25, 0.3) is 0 Å². The summed E-state index contributed by atoms with van der Waals surface area (Å²) in [5, 5.41) is 0. The van der Waals surface area contributed by atoms with E-state index in [1.54, 1.807) is 0 Å². The molecule has 0 radical (unpaired) electrons. The van der Waals surface area contributed by atoms with Gasteiger partial charge >= 0.3 is 0 Å². The van der Waals surface area contributed by atoms with Gasteiger partial charge in [0.1, 0.15) is 17.5 Å². The number of carbonyl (C=O) groups is 1. The predicted molar refractivity (Wildman–Crippen MR) is 60.8 cm³/mol. The summed E-state index contributed by atoms with van der Waals surface area (Å²) in [4.78, 5) is 11.9. The van der Waals surface area contributed by atoms with Gasteiger partial charge in [-0.2, -0.15) is 0 Å². The molecule has 0 aromatic heterocycles. The van der Waals surface area contributed by atoms with Gasteiger partial charge in [-0.05, 0) is 24.6 Å². The molecule has 2 rings (SSSR count). The summed E-state index contributed by atoms with van der Waals surface area (Å²) < 4.78 is 65.9. The third kappa shape index (κ3) is 2.41. The van der Waals surface area contributed by atoms with Crippen LogP contribution in [0.3, 0.4) is 0 Å². The minimum Gasteiger partial charge on any atom is -0.288 e. The van der Waals surface area contributed by atoms with Crippen LogP contribution >= 0.6 is 0 Å². The molecule has 0 saturated heterocycles. The monoisotopic (exact) mass is 286 g/mol. The highest BCUT2D eigenvalue weighted by Crippen LogP contribution is 2.21. The van der Waals surface area contributed by atoms with Crippen molar-refractivity contribution < 1.29 is 26.7 Å². The first-order chi connectivity index (χ1) is 9.31. The molecule has 0 N–H and O–H groups in total. The highest BCUT2D eigenvalue weighted by atomic mass is 19.2. The van der Waals surface area contributed by atoms with Crippen molar-refractivity contribution in [3.63, 3.8) is 0 Å². The SMILES string of the molecule is Cc1cc(C(=O)c2cc(F)c(F)cc2F)c(F)cc1F. The van der Waals surface area contributed by atoms with Gasteiger partial charge in [-0.25, -0.2) is 22.0 Å². The molecule has 0 amide bonds. The summed E-state index contributed by atoms with van der Waals surface area (Å²) in [6.45, 7) is 1.28. The van der Waals surface area contributed by atoms with Gasteiger partial charge in [0, 0.05) is 12.1 Å². The predicted octanol–water partition coefficient (Wildman–Crippen LogP) is 3.92. The smallest absolute Gasteiger partial charge is 0.199 e. The van der Waals surface area contributed by atoms with Crippen LogP contribution in [-0.4, -0.2) is 5.78 Å². The Bertz CT molecular complexity index is 650. The first-order valence-corrected chi connectivity index (χ1v) is 5.46. The van der Waals surface area contributed by atoms with Gasteiger partial charge in [0.05, 0.1) is 11.1 Å². The number of benzene rings is 2. The highest BCUT2D eigenvalue weighted by Gasteiger charge is 2.21. The first kappa shape index (κ1) is 14.2. The van der Waals surface area contributed by atoms with Gasteiger partial charge in [0.25, 0.3) is 0 Å². The van der Waals surface area contributed by atoms with Gasteiger partial charge < -0.3 is 0 Å². The maximum Gasteiger partial charge on any atom is 0.199 e. The van der Waals surface area contributed by atoms with Crippen molar-refractivity contribution in [2.75, 3.05) is 0 Å². The van der Waals surface area contributed by atoms with Crippen molar-refractivity contribution in [1.82, 2.24) is 0 Å². The third-order valence-electron chi connectivity index (χ3n) is 2.75. The summed E-state index contributed by atoms with van der Waals surface area (Å²) in [5.41, 5.74) is -1.47. The number of ketones is 1. The molecule has 6 heteroatoms. The van der Waals surface area contributed by atoms with Crippen molar-refractivity contribution in [3.05, 3.63) is 70.0 Å². The molecule has 1 nitrogen and oxygen atoms in total. The number of hydrogen-bond acceptors (Lipinski definition) is 1. The van der Waals surface area contributed by atoms with Gasteiger partial charge in [0.2, 0.25) is 0 Å².